The largest absolute Gasteiger partial charge is 0.353 e. The number of rotatable bonds is 4. The van der Waals surface area contributed by atoms with Crippen molar-refractivity contribution in [2.45, 2.75) is 12.6 Å². The number of benzene rings is 1. The maximum Gasteiger partial charge on any atom is 0.242 e. The van der Waals surface area contributed by atoms with Crippen LogP contribution in [0.5, 0.6) is 0 Å². The van der Waals surface area contributed by atoms with E-state index in [2.05, 4.69) is 10.6 Å². The summed E-state index contributed by atoms with van der Waals surface area (Å²) >= 11 is 0. The fraction of sp³-hybridized carbons (Fsp3) is 0.357. The minimum atomic E-state index is -0.468. The Balaban J connectivity index is 2.02. The minimum Gasteiger partial charge on any atom is -0.353 e. The summed E-state index contributed by atoms with van der Waals surface area (Å²) in [5.41, 5.74) is 0.968. The number of carbonyl (C=O) groups excluding carboxylic acids is 2. The number of nitriles is 1. The number of amides is 2. The summed E-state index contributed by atoms with van der Waals surface area (Å²) in [6.45, 7) is 0.801. The summed E-state index contributed by atoms with van der Waals surface area (Å²) < 4.78 is 0. The van der Waals surface area contributed by atoms with E-state index in [4.69, 9.17) is 5.26 Å². The molecule has 1 saturated heterocycles. The lowest BCUT2D eigenvalue weighted by atomic mass is 10.1. The predicted molar refractivity (Wildman–Crippen MR) is 72.3 cm³/mol. The molecule has 1 atom stereocenters. The minimum absolute atomic E-state index is 0.0276. The molecule has 1 aliphatic heterocycles. The van der Waals surface area contributed by atoms with Crippen molar-refractivity contribution in [2.24, 2.45) is 0 Å². The van der Waals surface area contributed by atoms with E-state index < -0.39 is 6.04 Å². The molecular formula is C14H16N4O2. The first-order valence-electron chi connectivity index (χ1n) is 6.40. The topological polar surface area (TPSA) is 85.2 Å². The Labute approximate surface area is 117 Å². The quantitative estimate of drug-likeness (QED) is 0.732. The van der Waals surface area contributed by atoms with Crippen LogP contribution in [0.3, 0.4) is 0 Å². The highest BCUT2D eigenvalue weighted by molar-refractivity contribution is 5.86. The van der Waals surface area contributed by atoms with Crippen LogP contribution in [-0.2, 0) is 16.1 Å². The smallest absolute Gasteiger partial charge is 0.242 e. The van der Waals surface area contributed by atoms with E-state index in [1.54, 1.807) is 0 Å². The highest BCUT2D eigenvalue weighted by atomic mass is 16.2. The van der Waals surface area contributed by atoms with Crippen LogP contribution in [0.2, 0.25) is 0 Å². The zero-order valence-electron chi connectivity index (χ0n) is 11.0. The number of hydrogen-bond acceptors (Lipinski definition) is 4. The van der Waals surface area contributed by atoms with Crippen molar-refractivity contribution in [3.05, 3.63) is 35.9 Å². The van der Waals surface area contributed by atoms with Crippen LogP contribution in [0.1, 0.15) is 5.56 Å². The van der Waals surface area contributed by atoms with Gasteiger partial charge in [-0.3, -0.25) is 14.9 Å². The van der Waals surface area contributed by atoms with Gasteiger partial charge >= 0.3 is 0 Å². The van der Waals surface area contributed by atoms with Gasteiger partial charge in [0.05, 0.1) is 12.6 Å². The Morgan fingerprint density at radius 3 is 2.75 bits per heavy atom. The van der Waals surface area contributed by atoms with Gasteiger partial charge in [0.15, 0.2) is 0 Å². The molecule has 104 valence electrons. The fourth-order valence-electron chi connectivity index (χ4n) is 2.06. The van der Waals surface area contributed by atoms with E-state index in [0.29, 0.717) is 6.54 Å². The Kier molecular flexibility index (Phi) is 4.69. The van der Waals surface area contributed by atoms with Crippen LogP contribution < -0.4 is 10.6 Å². The van der Waals surface area contributed by atoms with Gasteiger partial charge in [0, 0.05) is 13.1 Å². The first kappa shape index (κ1) is 14.0. The molecule has 1 aromatic carbocycles. The zero-order valence-corrected chi connectivity index (χ0v) is 11.0. The Morgan fingerprint density at radius 1 is 1.40 bits per heavy atom. The van der Waals surface area contributed by atoms with Crippen LogP contribution in [0.15, 0.2) is 30.3 Å². The molecule has 20 heavy (non-hydrogen) atoms. The number of hydrogen-bond donors (Lipinski definition) is 2. The van der Waals surface area contributed by atoms with E-state index in [1.807, 2.05) is 36.4 Å². The van der Waals surface area contributed by atoms with Crippen molar-refractivity contribution in [2.75, 3.05) is 19.6 Å². The second kappa shape index (κ2) is 6.68. The van der Waals surface area contributed by atoms with Gasteiger partial charge in [-0.05, 0) is 5.56 Å². The SMILES string of the molecule is N#CCN(Cc1ccccc1)C(=O)C1CNC(=O)CN1. The Morgan fingerprint density at radius 2 is 2.15 bits per heavy atom. The summed E-state index contributed by atoms with van der Waals surface area (Å²) in [6, 6.07) is 11.0. The molecule has 0 spiro atoms. The van der Waals surface area contributed by atoms with Gasteiger partial charge in [-0.1, -0.05) is 30.3 Å². The summed E-state index contributed by atoms with van der Waals surface area (Å²) in [6.07, 6.45) is 0. The van der Waals surface area contributed by atoms with E-state index in [-0.39, 0.29) is 31.4 Å². The van der Waals surface area contributed by atoms with Crippen LogP contribution in [0.4, 0.5) is 0 Å². The number of nitrogens with zero attached hydrogens (tertiary/aromatic N) is 2. The molecule has 1 unspecified atom stereocenters. The zero-order chi connectivity index (χ0) is 14.4. The molecule has 0 bridgehead atoms. The number of carbonyl (C=O) groups is 2. The van der Waals surface area contributed by atoms with Crippen LogP contribution in [-0.4, -0.2) is 42.4 Å². The molecule has 1 aromatic rings. The van der Waals surface area contributed by atoms with E-state index in [0.717, 1.165) is 5.56 Å². The van der Waals surface area contributed by atoms with Crippen molar-refractivity contribution < 1.29 is 9.59 Å². The number of nitrogens with one attached hydrogen (secondary N) is 2. The second-order valence-electron chi connectivity index (χ2n) is 4.58. The molecule has 1 fully saturated rings. The molecule has 0 saturated carbocycles. The van der Waals surface area contributed by atoms with E-state index >= 15 is 0 Å². The summed E-state index contributed by atoms with van der Waals surface area (Å²) in [7, 11) is 0. The predicted octanol–water partition coefficient (Wildman–Crippen LogP) is -0.373. The summed E-state index contributed by atoms with van der Waals surface area (Å²) in [5, 5.41) is 14.4. The van der Waals surface area contributed by atoms with Crippen molar-refractivity contribution in [3.63, 3.8) is 0 Å². The summed E-state index contributed by atoms with van der Waals surface area (Å²) in [4.78, 5) is 24.9. The van der Waals surface area contributed by atoms with Crippen LogP contribution >= 0.6 is 0 Å². The van der Waals surface area contributed by atoms with Crippen molar-refractivity contribution in [3.8, 4) is 6.07 Å². The third-order valence-corrected chi connectivity index (χ3v) is 3.10. The fourth-order valence-corrected chi connectivity index (χ4v) is 2.06. The van der Waals surface area contributed by atoms with Gasteiger partial charge in [0.25, 0.3) is 0 Å². The third kappa shape index (κ3) is 3.56. The van der Waals surface area contributed by atoms with Gasteiger partial charge in [-0.25, -0.2) is 0 Å². The van der Waals surface area contributed by atoms with Gasteiger partial charge < -0.3 is 10.2 Å². The maximum atomic E-state index is 12.4. The van der Waals surface area contributed by atoms with Gasteiger partial charge in [0.1, 0.15) is 12.6 Å². The highest BCUT2D eigenvalue weighted by Gasteiger charge is 2.27. The molecule has 6 nitrogen and oxygen atoms in total. The molecule has 2 rings (SSSR count). The first-order valence-corrected chi connectivity index (χ1v) is 6.40. The molecule has 2 amide bonds. The highest BCUT2D eigenvalue weighted by Crippen LogP contribution is 2.06. The lowest BCUT2D eigenvalue weighted by molar-refractivity contribution is -0.134. The van der Waals surface area contributed by atoms with Crippen molar-refractivity contribution in [1.82, 2.24) is 15.5 Å². The molecular weight excluding hydrogens is 256 g/mol. The monoisotopic (exact) mass is 272 g/mol. The number of piperazine rings is 1. The molecule has 1 heterocycles. The van der Waals surface area contributed by atoms with Crippen LogP contribution in [0, 0.1) is 11.3 Å². The second-order valence-corrected chi connectivity index (χ2v) is 4.58. The normalized spacial score (nSPS) is 17.9. The lowest BCUT2D eigenvalue weighted by Gasteiger charge is -2.28. The van der Waals surface area contributed by atoms with Gasteiger partial charge in [-0.2, -0.15) is 5.26 Å². The molecule has 0 radical (unpaired) electrons. The maximum absolute atomic E-state index is 12.4. The van der Waals surface area contributed by atoms with Gasteiger partial charge in [-0.15, -0.1) is 0 Å². The molecule has 0 aromatic heterocycles. The standard InChI is InChI=1S/C14H16N4O2/c15-6-7-18(10-11-4-2-1-3-5-11)14(20)12-8-17-13(19)9-16-12/h1-5,12,16H,7-10H2,(H,17,19). The average Bonchev–Trinajstić information content (AvgIpc) is 2.48. The molecule has 0 aliphatic carbocycles. The summed E-state index contributed by atoms with van der Waals surface area (Å²) in [5.74, 6) is -0.292. The van der Waals surface area contributed by atoms with E-state index in [1.165, 1.54) is 4.90 Å². The van der Waals surface area contributed by atoms with Crippen LogP contribution in [0.25, 0.3) is 0 Å². The average molecular weight is 272 g/mol. The Hall–Kier alpha value is -2.39. The molecule has 6 heteroatoms. The third-order valence-electron chi connectivity index (χ3n) is 3.10. The van der Waals surface area contributed by atoms with Gasteiger partial charge in [0.2, 0.25) is 11.8 Å². The van der Waals surface area contributed by atoms with Crippen molar-refractivity contribution >= 4 is 11.8 Å². The molecule has 1 aliphatic rings. The molecule has 2 N–H and O–H groups in total. The Bertz CT molecular complexity index is 514. The van der Waals surface area contributed by atoms with E-state index in [9.17, 15) is 9.59 Å². The lowest BCUT2D eigenvalue weighted by Crippen LogP contribution is -2.58. The van der Waals surface area contributed by atoms with Crippen molar-refractivity contribution in [1.29, 1.82) is 5.26 Å². The first-order chi connectivity index (χ1) is 9.70.